The van der Waals surface area contributed by atoms with Crippen molar-refractivity contribution in [3.63, 3.8) is 0 Å². The van der Waals surface area contributed by atoms with Crippen LogP contribution in [0.15, 0.2) is 54.7 Å². The molecule has 1 aliphatic carbocycles. The molecule has 10 nitrogen and oxygen atoms in total. The van der Waals surface area contributed by atoms with Gasteiger partial charge in [-0.05, 0) is 54.5 Å². The van der Waals surface area contributed by atoms with E-state index in [1.54, 1.807) is 25.3 Å². The summed E-state index contributed by atoms with van der Waals surface area (Å²) in [5, 5.41) is 15.8. The van der Waals surface area contributed by atoms with Crippen molar-refractivity contribution >= 4 is 23.3 Å². The number of pyridine rings is 1. The van der Waals surface area contributed by atoms with Gasteiger partial charge in [0.1, 0.15) is 17.9 Å². The van der Waals surface area contributed by atoms with Crippen LogP contribution in [0.3, 0.4) is 0 Å². The molecule has 1 fully saturated rings. The number of nitrogens with one attached hydrogen (secondary N) is 2. The van der Waals surface area contributed by atoms with E-state index in [0.29, 0.717) is 52.8 Å². The zero-order valence-corrected chi connectivity index (χ0v) is 25.4. The van der Waals surface area contributed by atoms with Gasteiger partial charge in [0.2, 0.25) is 11.8 Å². The van der Waals surface area contributed by atoms with Gasteiger partial charge in [-0.1, -0.05) is 45.7 Å². The monoisotopic (exact) mass is 591 g/mol. The van der Waals surface area contributed by atoms with E-state index in [9.17, 15) is 14.7 Å². The molecule has 1 saturated carbocycles. The number of amides is 1. The fourth-order valence-electron chi connectivity index (χ4n) is 5.85. The van der Waals surface area contributed by atoms with Gasteiger partial charge >= 0.3 is 5.97 Å². The number of ether oxygens (including phenoxy) is 4. The maximum atomic E-state index is 12.8. The van der Waals surface area contributed by atoms with E-state index < -0.39 is 5.97 Å². The van der Waals surface area contributed by atoms with E-state index in [1.807, 2.05) is 18.2 Å². The highest BCUT2D eigenvalue weighted by Crippen LogP contribution is 2.38. The Balaban J connectivity index is 1.42. The van der Waals surface area contributed by atoms with E-state index in [-0.39, 0.29) is 30.1 Å². The van der Waals surface area contributed by atoms with Gasteiger partial charge in [0.15, 0.2) is 11.5 Å². The summed E-state index contributed by atoms with van der Waals surface area (Å²) in [7, 11) is 3.06. The molecule has 0 spiro atoms. The number of methoxy groups -OCH3 is 2. The average Bonchev–Trinajstić information content (AvgIpc) is 2.99. The molecule has 1 aliphatic rings. The number of carbonyl (C=O) groups excluding carboxylic acids is 1. The molecule has 0 aliphatic heterocycles. The van der Waals surface area contributed by atoms with Gasteiger partial charge < -0.3 is 34.7 Å². The number of carboxylic acid groups (broad SMARTS) is 1. The first-order chi connectivity index (χ1) is 20.7. The lowest BCUT2D eigenvalue weighted by Gasteiger charge is -2.38. The third-order valence-electron chi connectivity index (χ3n) is 7.87. The Bertz CT molecular complexity index is 1410. The molecular weight excluding hydrogens is 550 g/mol. The molecule has 43 heavy (non-hydrogen) atoms. The predicted molar refractivity (Wildman–Crippen MR) is 164 cm³/mol. The molecule has 3 atom stereocenters. The quantitative estimate of drug-likeness (QED) is 0.201. The second-order valence-electron chi connectivity index (χ2n) is 11.1. The van der Waals surface area contributed by atoms with Crippen LogP contribution >= 0.6 is 0 Å². The molecular formula is C33H41N3O7. The number of benzene rings is 2. The number of rotatable bonds is 13. The number of para-hydroxylation sites is 1. The zero-order chi connectivity index (χ0) is 30.9. The van der Waals surface area contributed by atoms with E-state index in [1.165, 1.54) is 31.9 Å². The second-order valence-corrected chi connectivity index (χ2v) is 11.1. The molecule has 230 valence electrons. The molecule has 0 bridgehead atoms. The molecule has 2 aromatic carbocycles. The highest BCUT2D eigenvalue weighted by atomic mass is 16.5. The number of hydrogen-bond donors (Lipinski definition) is 3. The maximum Gasteiger partial charge on any atom is 0.341 e. The van der Waals surface area contributed by atoms with Crippen LogP contribution in [0.2, 0.25) is 0 Å². The number of carboxylic acids is 1. The molecule has 3 aromatic rings. The summed E-state index contributed by atoms with van der Waals surface area (Å²) in [6, 6.07) is 13.7. The Kier molecular flexibility index (Phi) is 10.8. The SMILES string of the molecule is COc1cc(NCc2cccc(OC)c2Oc2ncccc2C(=O)O)ccc1NC(=O)COC1CCCC(C)C1C(C)C. The standard InChI is InChI=1S/C33H41N3O7/c1-20(2)30-21(3)9-6-12-26(30)42-19-29(37)36-25-15-14-23(17-28(25)41-5)35-18-22-10-7-13-27(40-4)31(22)43-32-24(33(38)39)11-8-16-34-32/h7-8,10-11,13-17,20-21,26,30,35H,6,9,12,18-19H2,1-5H3,(H,36,37)(H,38,39). The predicted octanol–water partition coefficient (Wildman–Crippen LogP) is 6.62. The average molecular weight is 592 g/mol. The van der Waals surface area contributed by atoms with Crippen molar-refractivity contribution < 1.29 is 33.6 Å². The van der Waals surface area contributed by atoms with E-state index in [0.717, 1.165) is 18.5 Å². The molecule has 3 unspecified atom stereocenters. The number of aromatic carboxylic acids is 1. The topological polar surface area (TPSA) is 128 Å². The first-order valence-corrected chi connectivity index (χ1v) is 14.6. The lowest BCUT2D eigenvalue weighted by molar-refractivity contribution is -0.126. The van der Waals surface area contributed by atoms with Gasteiger partial charge in [0, 0.05) is 30.1 Å². The van der Waals surface area contributed by atoms with Crippen LogP contribution in [0.1, 0.15) is 56.0 Å². The minimum absolute atomic E-state index is 0.0117. The number of hydrogen-bond acceptors (Lipinski definition) is 8. The zero-order valence-electron chi connectivity index (χ0n) is 25.4. The van der Waals surface area contributed by atoms with Crippen LogP contribution in [-0.2, 0) is 16.1 Å². The molecule has 0 saturated heterocycles. The summed E-state index contributed by atoms with van der Waals surface area (Å²) in [5.41, 5.74) is 1.93. The van der Waals surface area contributed by atoms with Crippen molar-refractivity contribution in [1.82, 2.24) is 4.98 Å². The van der Waals surface area contributed by atoms with E-state index >= 15 is 0 Å². The Morgan fingerprint density at radius 1 is 1.05 bits per heavy atom. The fraction of sp³-hybridized carbons (Fsp3) is 0.424. The fourth-order valence-corrected chi connectivity index (χ4v) is 5.85. The van der Waals surface area contributed by atoms with Gasteiger partial charge in [0.05, 0.1) is 26.0 Å². The van der Waals surface area contributed by atoms with Crippen LogP contribution in [0, 0.1) is 17.8 Å². The smallest absolute Gasteiger partial charge is 0.341 e. The Morgan fingerprint density at radius 2 is 1.84 bits per heavy atom. The third kappa shape index (κ3) is 7.95. The largest absolute Gasteiger partial charge is 0.494 e. The Morgan fingerprint density at radius 3 is 2.56 bits per heavy atom. The van der Waals surface area contributed by atoms with Crippen LogP contribution < -0.4 is 24.8 Å². The van der Waals surface area contributed by atoms with Crippen molar-refractivity contribution in [3.05, 3.63) is 65.9 Å². The van der Waals surface area contributed by atoms with Gasteiger partial charge in [-0.25, -0.2) is 9.78 Å². The van der Waals surface area contributed by atoms with Crippen molar-refractivity contribution in [1.29, 1.82) is 0 Å². The van der Waals surface area contributed by atoms with Gasteiger partial charge in [-0.15, -0.1) is 0 Å². The third-order valence-corrected chi connectivity index (χ3v) is 7.87. The Hall–Kier alpha value is -4.31. The maximum absolute atomic E-state index is 12.8. The highest BCUT2D eigenvalue weighted by Gasteiger charge is 2.33. The first-order valence-electron chi connectivity index (χ1n) is 14.6. The summed E-state index contributed by atoms with van der Waals surface area (Å²) in [5.74, 6) is 1.39. The Labute approximate surface area is 252 Å². The normalized spacial score (nSPS) is 18.1. The van der Waals surface area contributed by atoms with Crippen LogP contribution in [0.5, 0.6) is 23.1 Å². The summed E-state index contributed by atoms with van der Waals surface area (Å²) in [6.07, 6.45) is 4.85. The van der Waals surface area contributed by atoms with Gasteiger partial charge in [-0.2, -0.15) is 0 Å². The van der Waals surface area contributed by atoms with E-state index in [4.69, 9.17) is 18.9 Å². The van der Waals surface area contributed by atoms with Crippen LogP contribution in [0.4, 0.5) is 11.4 Å². The molecule has 3 N–H and O–H groups in total. The number of anilines is 2. The minimum Gasteiger partial charge on any atom is -0.494 e. The van der Waals surface area contributed by atoms with Crippen molar-refractivity contribution in [2.24, 2.45) is 17.8 Å². The molecule has 10 heteroatoms. The summed E-state index contributed by atoms with van der Waals surface area (Å²) >= 11 is 0. The number of nitrogens with zero attached hydrogens (tertiary/aromatic N) is 1. The number of carbonyl (C=O) groups is 2. The molecule has 0 radical (unpaired) electrons. The number of aromatic nitrogens is 1. The molecule has 1 heterocycles. The van der Waals surface area contributed by atoms with Crippen molar-refractivity contribution in [2.75, 3.05) is 31.5 Å². The van der Waals surface area contributed by atoms with E-state index in [2.05, 4.69) is 36.4 Å². The summed E-state index contributed by atoms with van der Waals surface area (Å²) in [6.45, 7) is 7.03. The van der Waals surface area contributed by atoms with Gasteiger partial charge in [0.25, 0.3) is 0 Å². The summed E-state index contributed by atoms with van der Waals surface area (Å²) in [4.78, 5) is 28.6. The minimum atomic E-state index is -1.15. The lowest BCUT2D eigenvalue weighted by atomic mass is 9.72. The second kappa shape index (κ2) is 14.7. The summed E-state index contributed by atoms with van der Waals surface area (Å²) < 4.78 is 23.1. The molecule has 4 rings (SSSR count). The first kappa shape index (κ1) is 31.6. The molecule has 1 aromatic heterocycles. The van der Waals surface area contributed by atoms with Crippen molar-refractivity contribution in [2.45, 2.75) is 52.7 Å². The lowest BCUT2D eigenvalue weighted by Crippen LogP contribution is -2.38. The van der Waals surface area contributed by atoms with Crippen LogP contribution in [0.25, 0.3) is 0 Å². The molecule has 1 amide bonds. The highest BCUT2D eigenvalue weighted by molar-refractivity contribution is 5.93. The van der Waals surface area contributed by atoms with Crippen LogP contribution in [-0.4, -0.2) is 48.9 Å². The van der Waals surface area contributed by atoms with Crippen molar-refractivity contribution in [3.8, 4) is 23.1 Å². The van der Waals surface area contributed by atoms with Gasteiger partial charge in [-0.3, -0.25) is 4.79 Å².